The predicted molar refractivity (Wildman–Crippen MR) is 135 cm³/mol. The van der Waals surface area contributed by atoms with Gasteiger partial charge < -0.3 is 19.7 Å². The minimum atomic E-state index is -0.866. The standard InChI is InChI=1S/C27H28FN3O6/c1-3-29-27(33)24(15-19-7-5-4-6-8-19)30(17-20-9-11-21(28)12-10-20)26(32)18-37-22-13-14-23(31(34)35)25(16-22)36-2/h4-14,16,24H,3,15,17-18H2,1-2H3,(H,29,33)/t24-/m1/s1. The molecule has 9 nitrogen and oxygen atoms in total. The van der Waals surface area contributed by atoms with Crippen LogP contribution in [0, 0.1) is 15.9 Å². The lowest BCUT2D eigenvalue weighted by atomic mass is 10.0. The van der Waals surface area contributed by atoms with Crippen molar-refractivity contribution in [3.63, 3.8) is 0 Å². The maximum Gasteiger partial charge on any atom is 0.311 e. The highest BCUT2D eigenvalue weighted by Gasteiger charge is 2.30. The lowest BCUT2D eigenvalue weighted by Gasteiger charge is -2.31. The fourth-order valence-electron chi connectivity index (χ4n) is 3.76. The van der Waals surface area contributed by atoms with Crippen LogP contribution in [0.3, 0.4) is 0 Å². The van der Waals surface area contributed by atoms with E-state index < -0.39 is 29.3 Å². The summed E-state index contributed by atoms with van der Waals surface area (Å²) in [6.07, 6.45) is 0.255. The van der Waals surface area contributed by atoms with Crippen molar-refractivity contribution in [2.24, 2.45) is 0 Å². The van der Waals surface area contributed by atoms with Crippen LogP contribution in [0.2, 0.25) is 0 Å². The van der Waals surface area contributed by atoms with Crippen molar-refractivity contribution in [1.29, 1.82) is 0 Å². The number of benzene rings is 3. The molecule has 0 aliphatic carbocycles. The van der Waals surface area contributed by atoms with Gasteiger partial charge in [0.1, 0.15) is 17.6 Å². The molecule has 0 heterocycles. The van der Waals surface area contributed by atoms with Crippen molar-refractivity contribution >= 4 is 17.5 Å². The molecule has 3 aromatic rings. The first-order chi connectivity index (χ1) is 17.8. The van der Waals surface area contributed by atoms with Crippen LogP contribution in [-0.2, 0) is 22.6 Å². The SMILES string of the molecule is CCNC(=O)[C@@H](Cc1ccccc1)N(Cc1ccc(F)cc1)C(=O)COc1ccc([N+](=O)[O-])c(OC)c1. The Bertz CT molecular complexity index is 1220. The van der Waals surface area contributed by atoms with Crippen LogP contribution >= 0.6 is 0 Å². The fraction of sp³-hybridized carbons (Fsp3) is 0.259. The predicted octanol–water partition coefficient (Wildman–Crippen LogP) is 3.90. The number of hydrogen-bond acceptors (Lipinski definition) is 6. The Hall–Kier alpha value is -4.47. The molecule has 194 valence electrons. The summed E-state index contributed by atoms with van der Waals surface area (Å²) in [4.78, 5) is 38.5. The zero-order valence-corrected chi connectivity index (χ0v) is 20.6. The second kappa shape index (κ2) is 13.0. The molecule has 0 aliphatic heterocycles. The van der Waals surface area contributed by atoms with Crippen molar-refractivity contribution in [3.8, 4) is 11.5 Å². The summed E-state index contributed by atoms with van der Waals surface area (Å²) in [5, 5.41) is 13.9. The van der Waals surface area contributed by atoms with Crippen LogP contribution < -0.4 is 14.8 Å². The normalized spacial score (nSPS) is 11.3. The van der Waals surface area contributed by atoms with Crippen molar-refractivity contribution < 1.29 is 28.4 Å². The molecule has 3 aromatic carbocycles. The number of halogens is 1. The van der Waals surface area contributed by atoms with Crippen LogP contribution in [0.15, 0.2) is 72.8 Å². The molecule has 1 N–H and O–H groups in total. The van der Waals surface area contributed by atoms with Gasteiger partial charge >= 0.3 is 5.69 Å². The molecular formula is C27H28FN3O6. The quantitative estimate of drug-likeness (QED) is 0.293. The highest BCUT2D eigenvalue weighted by atomic mass is 19.1. The van der Waals surface area contributed by atoms with Crippen LogP contribution in [0.5, 0.6) is 11.5 Å². The molecule has 0 fully saturated rings. The number of nitrogens with one attached hydrogen (secondary N) is 1. The third-order valence-electron chi connectivity index (χ3n) is 5.60. The molecule has 2 amide bonds. The maximum absolute atomic E-state index is 13.5. The van der Waals surface area contributed by atoms with Gasteiger partial charge in [-0.3, -0.25) is 19.7 Å². The number of nitrogens with zero attached hydrogens (tertiary/aromatic N) is 2. The van der Waals surface area contributed by atoms with E-state index in [1.54, 1.807) is 19.1 Å². The molecule has 0 saturated carbocycles. The Balaban J connectivity index is 1.88. The lowest BCUT2D eigenvalue weighted by molar-refractivity contribution is -0.385. The zero-order chi connectivity index (χ0) is 26.8. The van der Waals surface area contributed by atoms with Gasteiger partial charge in [0.25, 0.3) is 5.91 Å². The van der Waals surface area contributed by atoms with Crippen molar-refractivity contribution in [1.82, 2.24) is 10.2 Å². The first-order valence-corrected chi connectivity index (χ1v) is 11.6. The minimum Gasteiger partial charge on any atom is -0.490 e. The Morgan fingerprint density at radius 3 is 2.38 bits per heavy atom. The molecule has 37 heavy (non-hydrogen) atoms. The van der Waals surface area contributed by atoms with E-state index in [1.165, 1.54) is 42.3 Å². The molecule has 10 heteroatoms. The second-order valence-electron chi connectivity index (χ2n) is 8.13. The Morgan fingerprint density at radius 2 is 1.76 bits per heavy atom. The Kier molecular flexibility index (Phi) is 9.54. The maximum atomic E-state index is 13.5. The number of amides is 2. The van der Waals surface area contributed by atoms with Gasteiger partial charge in [-0.15, -0.1) is 0 Å². The number of rotatable bonds is 12. The smallest absolute Gasteiger partial charge is 0.311 e. The molecule has 0 aliphatic rings. The van der Waals surface area contributed by atoms with Gasteiger partial charge in [0, 0.05) is 31.6 Å². The molecule has 0 radical (unpaired) electrons. The average Bonchev–Trinajstić information content (AvgIpc) is 2.90. The number of likely N-dealkylation sites (N-methyl/N-ethyl adjacent to an activating group) is 1. The van der Waals surface area contributed by atoms with Gasteiger partial charge in [0.05, 0.1) is 12.0 Å². The van der Waals surface area contributed by atoms with E-state index in [1.807, 2.05) is 30.3 Å². The number of nitro groups is 1. The number of nitro benzene ring substituents is 1. The van der Waals surface area contributed by atoms with E-state index in [0.717, 1.165) is 5.56 Å². The zero-order valence-electron chi connectivity index (χ0n) is 20.6. The van der Waals surface area contributed by atoms with E-state index in [-0.39, 0.29) is 36.1 Å². The summed E-state index contributed by atoms with van der Waals surface area (Å²) >= 11 is 0. The van der Waals surface area contributed by atoms with E-state index in [2.05, 4.69) is 5.32 Å². The topological polar surface area (TPSA) is 111 Å². The van der Waals surface area contributed by atoms with E-state index >= 15 is 0 Å². The molecule has 0 bridgehead atoms. The van der Waals surface area contributed by atoms with Crippen LogP contribution in [0.25, 0.3) is 0 Å². The summed E-state index contributed by atoms with van der Waals surface area (Å²) in [6.45, 7) is 1.77. The number of ether oxygens (including phenoxy) is 2. The first-order valence-electron chi connectivity index (χ1n) is 11.6. The average molecular weight is 510 g/mol. The summed E-state index contributed by atoms with van der Waals surface area (Å²) in [6, 6.07) is 18.0. The molecule has 0 unspecified atom stereocenters. The van der Waals surface area contributed by atoms with Crippen molar-refractivity contribution in [2.75, 3.05) is 20.3 Å². The summed E-state index contributed by atoms with van der Waals surface area (Å²) in [5.41, 5.74) is 1.25. The van der Waals surface area contributed by atoms with Crippen LogP contribution in [0.1, 0.15) is 18.1 Å². The summed E-state index contributed by atoms with van der Waals surface area (Å²) in [7, 11) is 1.29. The van der Waals surface area contributed by atoms with Crippen LogP contribution in [-0.4, -0.2) is 47.9 Å². The third-order valence-corrected chi connectivity index (χ3v) is 5.60. The number of hydrogen-bond donors (Lipinski definition) is 1. The van der Waals surface area contributed by atoms with E-state index in [9.17, 15) is 24.1 Å². The lowest BCUT2D eigenvalue weighted by Crippen LogP contribution is -2.51. The van der Waals surface area contributed by atoms with E-state index in [4.69, 9.17) is 9.47 Å². The monoisotopic (exact) mass is 509 g/mol. The van der Waals surface area contributed by atoms with Crippen molar-refractivity contribution in [3.05, 3.63) is 99.9 Å². The molecule has 0 spiro atoms. The molecule has 0 saturated heterocycles. The number of methoxy groups -OCH3 is 1. The highest BCUT2D eigenvalue weighted by molar-refractivity contribution is 5.88. The molecule has 0 aromatic heterocycles. The van der Waals surface area contributed by atoms with Gasteiger partial charge in [0.15, 0.2) is 6.61 Å². The van der Waals surface area contributed by atoms with E-state index in [0.29, 0.717) is 12.1 Å². The second-order valence-corrected chi connectivity index (χ2v) is 8.13. The largest absolute Gasteiger partial charge is 0.490 e. The van der Waals surface area contributed by atoms with Gasteiger partial charge in [-0.05, 0) is 36.2 Å². The summed E-state index contributed by atoms with van der Waals surface area (Å²) < 4.78 is 24.2. The summed E-state index contributed by atoms with van der Waals surface area (Å²) in [5.74, 6) is -1.06. The highest BCUT2D eigenvalue weighted by Crippen LogP contribution is 2.30. The third kappa shape index (κ3) is 7.50. The fourth-order valence-corrected chi connectivity index (χ4v) is 3.76. The van der Waals surface area contributed by atoms with Gasteiger partial charge in [-0.2, -0.15) is 0 Å². The number of carbonyl (C=O) groups is 2. The van der Waals surface area contributed by atoms with Gasteiger partial charge in [-0.25, -0.2) is 4.39 Å². The minimum absolute atomic E-state index is 0.0117. The van der Waals surface area contributed by atoms with Crippen LogP contribution in [0.4, 0.5) is 10.1 Å². The van der Waals surface area contributed by atoms with Crippen molar-refractivity contribution in [2.45, 2.75) is 25.9 Å². The number of carbonyl (C=O) groups excluding carboxylic acids is 2. The first kappa shape index (κ1) is 27.1. The Morgan fingerprint density at radius 1 is 1.05 bits per heavy atom. The molecule has 1 atom stereocenters. The van der Waals surface area contributed by atoms with Gasteiger partial charge in [0.2, 0.25) is 11.7 Å². The Labute approximate surface area is 214 Å². The van der Waals surface area contributed by atoms with Gasteiger partial charge in [-0.1, -0.05) is 42.5 Å². The molecular weight excluding hydrogens is 481 g/mol. The molecule has 3 rings (SSSR count).